The van der Waals surface area contributed by atoms with Crippen LogP contribution < -0.4 is 5.73 Å². The number of hydrogen-bond donors (Lipinski definition) is 2. The van der Waals surface area contributed by atoms with Crippen LogP contribution in [0.1, 0.15) is 49.3 Å². The van der Waals surface area contributed by atoms with Gasteiger partial charge in [0, 0.05) is 31.8 Å². The van der Waals surface area contributed by atoms with E-state index in [-0.39, 0.29) is 18.5 Å². The summed E-state index contributed by atoms with van der Waals surface area (Å²) in [5.74, 6) is -0.181. The van der Waals surface area contributed by atoms with Crippen molar-refractivity contribution in [1.82, 2.24) is 4.90 Å². The fraction of sp³-hybridized carbons (Fsp3) is 0.647. The van der Waals surface area contributed by atoms with Gasteiger partial charge in [0.2, 0.25) is 0 Å². The smallest absolute Gasteiger partial charge is 0.126 e. The minimum Gasteiger partial charge on any atom is -0.396 e. The average molecular weight is 294 g/mol. The molecule has 1 aromatic rings. The molecule has 3 N–H and O–H groups in total. The lowest BCUT2D eigenvalue weighted by molar-refractivity contribution is 0.113. The molecule has 1 aliphatic rings. The monoisotopic (exact) mass is 294 g/mol. The van der Waals surface area contributed by atoms with E-state index in [0.717, 1.165) is 31.5 Å². The molecule has 118 valence electrons. The maximum Gasteiger partial charge on any atom is 0.126 e. The number of halogens is 1. The minimum absolute atomic E-state index is 0.128. The first-order chi connectivity index (χ1) is 10.1. The Morgan fingerprint density at radius 2 is 2.14 bits per heavy atom. The Hall–Kier alpha value is -0.970. The largest absolute Gasteiger partial charge is 0.396 e. The first-order valence-corrected chi connectivity index (χ1v) is 7.98. The molecule has 0 radical (unpaired) electrons. The van der Waals surface area contributed by atoms with E-state index >= 15 is 0 Å². The van der Waals surface area contributed by atoms with E-state index < -0.39 is 0 Å². The summed E-state index contributed by atoms with van der Waals surface area (Å²) in [4.78, 5) is 2.43. The number of benzene rings is 1. The highest BCUT2D eigenvalue weighted by atomic mass is 19.1. The molecule has 0 aromatic heterocycles. The van der Waals surface area contributed by atoms with E-state index in [4.69, 9.17) is 10.8 Å². The normalized spacial score (nSPS) is 17.0. The number of hydrogen-bond acceptors (Lipinski definition) is 3. The Kier molecular flexibility index (Phi) is 6.15. The van der Waals surface area contributed by atoms with Crippen LogP contribution in [0.2, 0.25) is 0 Å². The lowest BCUT2D eigenvalue weighted by Gasteiger charge is -2.38. The van der Waals surface area contributed by atoms with Crippen LogP contribution in [0.5, 0.6) is 0 Å². The molecule has 1 saturated carbocycles. The summed E-state index contributed by atoms with van der Waals surface area (Å²) in [6.45, 7) is 3.84. The van der Waals surface area contributed by atoms with Crippen molar-refractivity contribution in [1.29, 1.82) is 0 Å². The number of nitrogens with zero attached hydrogens (tertiary/aromatic N) is 1. The standard InChI is InChI=1S/C17H27FN2O/c1-13-6-7-14(12-16(13)18)17(19)8-10-20(9-3-11-21)15-4-2-5-15/h6-7,12,15,17,21H,2-5,8-11,19H2,1H3. The van der Waals surface area contributed by atoms with Gasteiger partial charge in [0.05, 0.1) is 0 Å². The molecule has 1 aliphatic carbocycles. The van der Waals surface area contributed by atoms with E-state index in [9.17, 15) is 4.39 Å². The summed E-state index contributed by atoms with van der Waals surface area (Å²) in [6, 6.07) is 5.79. The van der Waals surface area contributed by atoms with E-state index in [1.807, 2.05) is 6.07 Å². The molecule has 1 atom stereocenters. The second-order valence-corrected chi connectivity index (χ2v) is 6.10. The van der Waals surface area contributed by atoms with Gasteiger partial charge in [0.15, 0.2) is 0 Å². The molecular weight excluding hydrogens is 267 g/mol. The van der Waals surface area contributed by atoms with Gasteiger partial charge in [-0.15, -0.1) is 0 Å². The molecule has 1 fully saturated rings. The van der Waals surface area contributed by atoms with Crippen molar-refractivity contribution < 1.29 is 9.50 Å². The predicted octanol–water partition coefficient (Wildman–Crippen LogP) is 2.76. The number of aliphatic hydroxyl groups excluding tert-OH is 1. The molecule has 0 aliphatic heterocycles. The maximum absolute atomic E-state index is 13.6. The van der Waals surface area contributed by atoms with Gasteiger partial charge in [-0.05, 0) is 49.8 Å². The lowest BCUT2D eigenvalue weighted by Crippen LogP contribution is -2.42. The molecule has 1 unspecified atom stereocenters. The van der Waals surface area contributed by atoms with E-state index in [1.165, 1.54) is 19.3 Å². The van der Waals surface area contributed by atoms with Gasteiger partial charge in [-0.2, -0.15) is 0 Å². The maximum atomic E-state index is 13.6. The summed E-state index contributed by atoms with van der Waals surface area (Å²) in [6.07, 6.45) is 5.44. The number of rotatable bonds is 8. The third-order valence-electron chi connectivity index (χ3n) is 4.55. The second-order valence-electron chi connectivity index (χ2n) is 6.10. The summed E-state index contributed by atoms with van der Waals surface area (Å²) < 4.78 is 13.6. The first kappa shape index (κ1) is 16.4. The van der Waals surface area contributed by atoms with Crippen LogP contribution in [-0.2, 0) is 0 Å². The number of aryl methyl sites for hydroxylation is 1. The zero-order valence-electron chi connectivity index (χ0n) is 12.9. The Morgan fingerprint density at radius 1 is 1.38 bits per heavy atom. The van der Waals surface area contributed by atoms with Crippen LogP contribution in [0, 0.1) is 12.7 Å². The van der Waals surface area contributed by atoms with Crippen molar-refractivity contribution >= 4 is 0 Å². The molecule has 4 heteroatoms. The topological polar surface area (TPSA) is 49.5 Å². The zero-order chi connectivity index (χ0) is 15.2. The summed E-state index contributed by atoms with van der Waals surface area (Å²) in [7, 11) is 0. The molecule has 0 heterocycles. The fourth-order valence-electron chi connectivity index (χ4n) is 2.81. The van der Waals surface area contributed by atoms with Crippen LogP contribution in [0.15, 0.2) is 18.2 Å². The lowest BCUT2D eigenvalue weighted by atomic mass is 9.90. The van der Waals surface area contributed by atoms with Crippen LogP contribution in [0.25, 0.3) is 0 Å². The molecule has 0 amide bonds. The second kappa shape index (κ2) is 7.87. The summed E-state index contributed by atoms with van der Waals surface area (Å²) >= 11 is 0. The van der Waals surface area contributed by atoms with Crippen molar-refractivity contribution in [2.75, 3.05) is 19.7 Å². The van der Waals surface area contributed by atoms with Gasteiger partial charge in [-0.1, -0.05) is 18.6 Å². The molecule has 1 aromatic carbocycles. The van der Waals surface area contributed by atoms with Gasteiger partial charge in [0.25, 0.3) is 0 Å². The van der Waals surface area contributed by atoms with Crippen molar-refractivity contribution in [2.24, 2.45) is 5.73 Å². The Morgan fingerprint density at radius 3 is 2.71 bits per heavy atom. The summed E-state index contributed by atoms with van der Waals surface area (Å²) in [5, 5.41) is 9.01. The Balaban J connectivity index is 1.87. The highest BCUT2D eigenvalue weighted by Crippen LogP contribution is 2.26. The Labute approximate surface area is 126 Å². The van der Waals surface area contributed by atoms with E-state index in [0.29, 0.717) is 11.6 Å². The molecule has 0 spiro atoms. The van der Waals surface area contributed by atoms with Crippen LogP contribution in [0.4, 0.5) is 4.39 Å². The highest BCUT2D eigenvalue weighted by Gasteiger charge is 2.24. The molecule has 0 bridgehead atoms. The fourth-order valence-corrected chi connectivity index (χ4v) is 2.81. The van der Waals surface area contributed by atoms with Gasteiger partial charge < -0.3 is 15.7 Å². The molecule has 3 nitrogen and oxygen atoms in total. The quantitative estimate of drug-likeness (QED) is 0.775. The number of nitrogens with two attached hydrogens (primary N) is 1. The predicted molar refractivity (Wildman–Crippen MR) is 83.6 cm³/mol. The van der Waals surface area contributed by atoms with E-state index in [1.54, 1.807) is 19.1 Å². The van der Waals surface area contributed by atoms with Crippen molar-refractivity contribution in [3.05, 3.63) is 35.1 Å². The Bertz CT molecular complexity index is 448. The van der Waals surface area contributed by atoms with Crippen LogP contribution in [-0.4, -0.2) is 35.7 Å². The molecule has 2 rings (SSSR count). The highest BCUT2D eigenvalue weighted by molar-refractivity contribution is 5.25. The van der Waals surface area contributed by atoms with Crippen LogP contribution in [0.3, 0.4) is 0 Å². The van der Waals surface area contributed by atoms with Crippen molar-refractivity contribution in [2.45, 2.75) is 51.1 Å². The number of aliphatic hydroxyl groups is 1. The minimum atomic E-state index is -0.181. The van der Waals surface area contributed by atoms with Crippen molar-refractivity contribution in [3.8, 4) is 0 Å². The average Bonchev–Trinajstić information content (AvgIpc) is 2.42. The third-order valence-corrected chi connectivity index (χ3v) is 4.55. The van der Waals surface area contributed by atoms with Gasteiger partial charge >= 0.3 is 0 Å². The van der Waals surface area contributed by atoms with Gasteiger partial charge in [-0.25, -0.2) is 4.39 Å². The van der Waals surface area contributed by atoms with Gasteiger partial charge in [-0.3, -0.25) is 0 Å². The molecular formula is C17H27FN2O. The van der Waals surface area contributed by atoms with E-state index in [2.05, 4.69) is 4.90 Å². The van der Waals surface area contributed by atoms with Crippen LogP contribution >= 0.6 is 0 Å². The molecule has 0 saturated heterocycles. The molecule has 21 heavy (non-hydrogen) atoms. The van der Waals surface area contributed by atoms with Crippen molar-refractivity contribution in [3.63, 3.8) is 0 Å². The zero-order valence-corrected chi connectivity index (χ0v) is 12.9. The first-order valence-electron chi connectivity index (χ1n) is 7.98. The van der Waals surface area contributed by atoms with Gasteiger partial charge in [0.1, 0.15) is 5.82 Å². The SMILES string of the molecule is Cc1ccc(C(N)CCN(CCCO)C2CCC2)cc1F. The summed E-state index contributed by atoms with van der Waals surface area (Å²) in [5.41, 5.74) is 7.73. The third kappa shape index (κ3) is 4.50.